The topological polar surface area (TPSA) is 64.4 Å². The predicted octanol–water partition coefficient (Wildman–Crippen LogP) is 1.43. The van der Waals surface area contributed by atoms with Crippen LogP contribution in [0.5, 0.6) is 0 Å². The van der Waals surface area contributed by atoms with Gasteiger partial charge in [0.05, 0.1) is 0 Å². The summed E-state index contributed by atoms with van der Waals surface area (Å²) in [6, 6.07) is 0. The molecule has 0 unspecified atom stereocenters. The molecule has 9 heavy (non-hydrogen) atoms. The third kappa shape index (κ3) is 125. The third-order valence-electron chi connectivity index (χ3n) is 0.258. The molecule has 0 heterocycles. The SMILES string of the molecule is C.C.C.C.CN=C(N)N. The summed E-state index contributed by atoms with van der Waals surface area (Å²) in [5.74, 6) is 0.130. The Morgan fingerprint density at radius 3 is 1.11 bits per heavy atom. The molecule has 0 fully saturated rings. The highest BCUT2D eigenvalue weighted by Gasteiger charge is 1.61. The molecule has 3 nitrogen and oxygen atoms in total. The molecule has 0 aliphatic heterocycles. The Morgan fingerprint density at radius 1 is 1.00 bits per heavy atom. The van der Waals surface area contributed by atoms with E-state index >= 15 is 0 Å². The van der Waals surface area contributed by atoms with Crippen LogP contribution >= 0.6 is 0 Å². The fourth-order valence-corrected chi connectivity index (χ4v) is 0. The van der Waals surface area contributed by atoms with E-state index in [1.807, 2.05) is 0 Å². The molecule has 0 atom stereocenters. The number of rotatable bonds is 0. The Labute approximate surface area is 60.2 Å². The van der Waals surface area contributed by atoms with Crippen molar-refractivity contribution in [1.29, 1.82) is 0 Å². The number of guanidine groups is 1. The molecule has 0 bridgehead atoms. The van der Waals surface area contributed by atoms with Gasteiger partial charge in [-0.15, -0.1) is 0 Å². The first kappa shape index (κ1) is 40.9. The summed E-state index contributed by atoms with van der Waals surface area (Å²) in [6.07, 6.45) is 0. The summed E-state index contributed by atoms with van der Waals surface area (Å²) < 4.78 is 0. The van der Waals surface area contributed by atoms with E-state index in [4.69, 9.17) is 11.5 Å². The van der Waals surface area contributed by atoms with Crippen LogP contribution in [0.1, 0.15) is 29.7 Å². The van der Waals surface area contributed by atoms with Crippen LogP contribution in [0.3, 0.4) is 0 Å². The average molecular weight is 137 g/mol. The van der Waals surface area contributed by atoms with Crippen LogP contribution in [-0.4, -0.2) is 13.0 Å². The summed E-state index contributed by atoms with van der Waals surface area (Å²) in [7, 11) is 1.54. The second-order valence-electron chi connectivity index (χ2n) is 0.648. The third-order valence-corrected chi connectivity index (χ3v) is 0.258. The second-order valence-corrected chi connectivity index (χ2v) is 0.648. The van der Waals surface area contributed by atoms with Crippen LogP contribution < -0.4 is 11.5 Å². The van der Waals surface area contributed by atoms with Crippen molar-refractivity contribution in [3.63, 3.8) is 0 Å². The van der Waals surface area contributed by atoms with Crippen molar-refractivity contribution in [2.24, 2.45) is 16.5 Å². The van der Waals surface area contributed by atoms with Crippen molar-refractivity contribution >= 4 is 5.96 Å². The molecule has 0 amide bonds. The lowest BCUT2D eigenvalue weighted by atomic mass is 11.1. The molecule has 0 saturated carbocycles. The first-order valence-electron chi connectivity index (χ1n) is 1.25. The van der Waals surface area contributed by atoms with E-state index < -0.39 is 0 Å². The number of nitrogens with zero attached hydrogens (tertiary/aromatic N) is 1. The van der Waals surface area contributed by atoms with Gasteiger partial charge in [-0.25, -0.2) is 0 Å². The highest BCUT2D eigenvalue weighted by molar-refractivity contribution is 5.75. The largest absolute Gasteiger partial charge is 0.370 e. The lowest BCUT2D eigenvalue weighted by Crippen LogP contribution is -2.21. The highest BCUT2D eigenvalue weighted by Crippen LogP contribution is 1.40. The first-order chi connectivity index (χ1) is 2.27. The number of hydrogen-bond donors (Lipinski definition) is 2. The fraction of sp³-hybridized carbons (Fsp3) is 0.833. The van der Waals surface area contributed by atoms with Crippen molar-refractivity contribution in [3.05, 3.63) is 0 Å². The van der Waals surface area contributed by atoms with Gasteiger partial charge in [-0.1, -0.05) is 29.7 Å². The van der Waals surface area contributed by atoms with Crippen LogP contribution in [0, 0.1) is 0 Å². The Morgan fingerprint density at radius 2 is 1.11 bits per heavy atom. The van der Waals surface area contributed by atoms with Gasteiger partial charge in [0.25, 0.3) is 0 Å². The lowest BCUT2D eigenvalue weighted by Gasteiger charge is -1.77. The molecule has 4 N–H and O–H groups in total. The standard InChI is InChI=1S/C2H7N3.4CH4/c1-5-2(3)4;;;;/h1H3,(H4,3,4,5);4*1H4. The van der Waals surface area contributed by atoms with Crippen LogP contribution in [0.25, 0.3) is 0 Å². The maximum absolute atomic E-state index is 4.82. The lowest BCUT2D eigenvalue weighted by molar-refractivity contribution is 1.36. The van der Waals surface area contributed by atoms with E-state index in [0.29, 0.717) is 0 Å². The first-order valence-corrected chi connectivity index (χ1v) is 1.25. The molecule has 0 radical (unpaired) electrons. The zero-order valence-corrected chi connectivity index (χ0v) is 3.10. The van der Waals surface area contributed by atoms with E-state index in [9.17, 15) is 0 Å². The van der Waals surface area contributed by atoms with Crippen molar-refractivity contribution in [2.45, 2.75) is 29.7 Å². The van der Waals surface area contributed by atoms with Crippen LogP contribution in [0.15, 0.2) is 4.99 Å². The van der Waals surface area contributed by atoms with Gasteiger partial charge >= 0.3 is 0 Å². The fourth-order valence-electron chi connectivity index (χ4n) is 0. The minimum atomic E-state index is 0. The molecule has 0 aromatic carbocycles. The zero-order chi connectivity index (χ0) is 4.28. The summed E-state index contributed by atoms with van der Waals surface area (Å²) in [5, 5.41) is 0. The molecule has 0 aromatic heterocycles. The average Bonchev–Trinajstić information content (AvgIpc) is 1.38. The van der Waals surface area contributed by atoms with E-state index in [1.54, 1.807) is 0 Å². The monoisotopic (exact) mass is 137 g/mol. The molecule has 0 saturated heterocycles. The van der Waals surface area contributed by atoms with Crippen molar-refractivity contribution in [1.82, 2.24) is 0 Å². The van der Waals surface area contributed by atoms with Gasteiger partial charge in [0.15, 0.2) is 5.96 Å². The number of nitrogens with two attached hydrogens (primary N) is 2. The molecule has 0 aromatic rings. The Hall–Kier alpha value is -0.730. The molecule has 3 heteroatoms. The molecule has 0 rings (SSSR count). The van der Waals surface area contributed by atoms with E-state index in [-0.39, 0.29) is 35.7 Å². The molecular weight excluding hydrogens is 114 g/mol. The smallest absolute Gasteiger partial charge is 0.185 e. The molecule has 62 valence electrons. The van der Waals surface area contributed by atoms with Gasteiger partial charge in [0.1, 0.15) is 0 Å². The van der Waals surface area contributed by atoms with Gasteiger partial charge in [0.2, 0.25) is 0 Å². The Bertz CT molecular complexity index is 46.3. The maximum Gasteiger partial charge on any atom is 0.185 e. The predicted molar refractivity (Wildman–Crippen MR) is 48.7 cm³/mol. The molecular formula is C6H23N3. The van der Waals surface area contributed by atoms with Gasteiger partial charge in [-0.3, -0.25) is 4.99 Å². The minimum Gasteiger partial charge on any atom is -0.370 e. The van der Waals surface area contributed by atoms with Crippen LogP contribution in [0.4, 0.5) is 0 Å². The van der Waals surface area contributed by atoms with Gasteiger partial charge in [-0.2, -0.15) is 0 Å². The molecule has 0 spiro atoms. The molecule has 0 aliphatic rings. The van der Waals surface area contributed by atoms with Gasteiger partial charge in [0, 0.05) is 7.05 Å². The summed E-state index contributed by atoms with van der Waals surface area (Å²) in [5.41, 5.74) is 9.64. The number of hydrogen-bond acceptors (Lipinski definition) is 1. The van der Waals surface area contributed by atoms with Crippen LogP contribution in [0.2, 0.25) is 0 Å². The quantitative estimate of drug-likeness (QED) is 0.392. The Kier molecular flexibility index (Phi) is 121. The van der Waals surface area contributed by atoms with Crippen molar-refractivity contribution in [3.8, 4) is 0 Å². The summed E-state index contributed by atoms with van der Waals surface area (Å²) in [4.78, 5) is 3.36. The highest BCUT2D eigenvalue weighted by atomic mass is 15.0. The molecule has 0 aliphatic carbocycles. The maximum atomic E-state index is 4.82. The summed E-state index contributed by atoms with van der Waals surface area (Å²) >= 11 is 0. The normalized spacial score (nSPS) is 3.67. The van der Waals surface area contributed by atoms with E-state index in [1.165, 1.54) is 7.05 Å². The van der Waals surface area contributed by atoms with E-state index in [2.05, 4.69) is 4.99 Å². The number of aliphatic imine (C=N–C) groups is 1. The Balaban J connectivity index is -0.0000000133. The minimum absolute atomic E-state index is 0. The van der Waals surface area contributed by atoms with E-state index in [0.717, 1.165) is 0 Å². The van der Waals surface area contributed by atoms with Gasteiger partial charge < -0.3 is 11.5 Å². The van der Waals surface area contributed by atoms with Crippen molar-refractivity contribution < 1.29 is 0 Å². The van der Waals surface area contributed by atoms with Crippen LogP contribution in [-0.2, 0) is 0 Å². The van der Waals surface area contributed by atoms with Gasteiger partial charge in [-0.05, 0) is 0 Å². The van der Waals surface area contributed by atoms with Crippen molar-refractivity contribution in [2.75, 3.05) is 7.05 Å². The summed E-state index contributed by atoms with van der Waals surface area (Å²) in [6.45, 7) is 0. The zero-order valence-electron chi connectivity index (χ0n) is 3.10. The second kappa shape index (κ2) is 26.7.